The molecular formula is C35H49N5O7. The molecule has 256 valence electrons. The van der Waals surface area contributed by atoms with E-state index in [0.29, 0.717) is 78.8 Å². The summed E-state index contributed by atoms with van der Waals surface area (Å²) in [7, 11) is 0. The van der Waals surface area contributed by atoms with Gasteiger partial charge in [0.05, 0.1) is 59.4 Å². The van der Waals surface area contributed by atoms with Crippen LogP contribution in [0.3, 0.4) is 0 Å². The molecule has 0 radical (unpaired) electrons. The van der Waals surface area contributed by atoms with Crippen molar-refractivity contribution < 1.29 is 33.3 Å². The predicted octanol–water partition coefficient (Wildman–Crippen LogP) is 4.74. The average Bonchev–Trinajstić information content (AvgIpc) is 3.52. The van der Waals surface area contributed by atoms with E-state index in [-0.39, 0.29) is 48.6 Å². The third-order valence-electron chi connectivity index (χ3n) is 8.11. The summed E-state index contributed by atoms with van der Waals surface area (Å²) in [5.74, 6) is -0.123. The van der Waals surface area contributed by atoms with Crippen molar-refractivity contribution in [1.29, 1.82) is 0 Å². The molecular weight excluding hydrogens is 602 g/mol. The fourth-order valence-electron chi connectivity index (χ4n) is 5.61. The fourth-order valence-corrected chi connectivity index (χ4v) is 5.61. The number of ether oxygens (including phenoxy) is 4. The minimum atomic E-state index is -0.243. The molecule has 0 spiro atoms. The first kappa shape index (κ1) is 36.1. The number of benzene rings is 2. The van der Waals surface area contributed by atoms with E-state index in [9.17, 15) is 14.4 Å². The fraction of sp³-hybridized carbons (Fsp3) is 0.571. The molecule has 2 aromatic rings. The van der Waals surface area contributed by atoms with Crippen LogP contribution in [-0.4, -0.2) is 88.0 Å². The first-order valence-electron chi connectivity index (χ1n) is 16.7. The van der Waals surface area contributed by atoms with Crippen LogP contribution in [0.2, 0.25) is 0 Å². The van der Waals surface area contributed by atoms with Crippen molar-refractivity contribution in [3.8, 4) is 0 Å². The van der Waals surface area contributed by atoms with Gasteiger partial charge >= 0.3 is 0 Å². The van der Waals surface area contributed by atoms with Crippen LogP contribution in [-0.2, 0) is 39.9 Å². The number of hydrogen-bond acceptors (Lipinski definition) is 10. The van der Waals surface area contributed by atoms with E-state index >= 15 is 0 Å². The van der Waals surface area contributed by atoms with Gasteiger partial charge in [-0.05, 0) is 31.0 Å². The zero-order valence-corrected chi connectivity index (χ0v) is 27.9. The quantitative estimate of drug-likeness (QED) is 0.203. The van der Waals surface area contributed by atoms with Crippen LogP contribution in [0.15, 0.2) is 58.9 Å². The normalized spacial score (nSPS) is 16.8. The van der Waals surface area contributed by atoms with Gasteiger partial charge in [-0.3, -0.25) is 19.4 Å². The number of ketones is 1. The van der Waals surface area contributed by atoms with Crippen LogP contribution < -0.4 is 10.2 Å². The maximum Gasteiger partial charge on any atom is 0.227 e. The van der Waals surface area contributed by atoms with Gasteiger partial charge in [-0.2, -0.15) is 5.11 Å². The largest absolute Gasteiger partial charge is 0.379 e. The highest BCUT2D eigenvalue weighted by Gasteiger charge is 2.41. The number of carbonyl (C=O) groups is 3. The summed E-state index contributed by atoms with van der Waals surface area (Å²) in [6.45, 7) is 10.2. The molecule has 0 fully saturated rings. The van der Waals surface area contributed by atoms with E-state index < -0.39 is 0 Å². The number of hydrogen-bond donors (Lipinski definition) is 1. The molecule has 12 nitrogen and oxygen atoms in total. The summed E-state index contributed by atoms with van der Waals surface area (Å²) in [5, 5.41) is 14.1. The summed E-state index contributed by atoms with van der Waals surface area (Å²) in [4.78, 5) is 39.2. The Hall–Kier alpha value is -3.71. The number of para-hydroxylation sites is 1. The van der Waals surface area contributed by atoms with Crippen molar-refractivity contribution in [3.05, 3.63) is 65.2 Å². The van der Waals surface area contributed by atoms with E-state index in [4.69, 9.17) is 18.9 Å². The van der Waals surface area contributed by atoms with E-state index in [2.05, 4.69) is 46.6 Å². The molecule has 2 aromatic carbocycles. The van der Waals surface area contributed by atoms with Crippen LogP contribution >= 0.6 is 0 Å². The highest BCUT2D eigenvalue weighted by molar-refractivity contribution is 5.96. The zero-order valence-electron chi connectivity index (χ0n) is 27.9. The molecule has 0 aliphatic carbocycles. The Morgan fingerprint density at radius 3 is 2.11 bits per heavy atom. The van der Waals surface area contributed by atoms with Crippen LogP contribution in [0.1, 0.15) is 75.2 Å². The second-order valence-electron chi connectivity index (χ2n) is 11.7. The number of carbonyl (C=O) groups excluding carboxylic acids is 3. The third-order valence-corrected chi connectivity index (χ3v) is 8.11. The van der Waals surface area contributed by atoms with E-state index in [1.807, 2.05) is 43.3 Å². The molecule has 12 heteroatoms. The van der Waals surface area contributed by atoms with Crippen LogP contribution in [0.25, 0.3) is 0 Å². The van der Waals surface area contributed by atoms with Gasteiger partial charge in [-0.1, -0.05) is 54.6 Å². The van der Waals surface area contributed by atoms with Gasteiger partial charge in [0.25, 0.3) is 0 Å². The summed E-state index contributed by atoms with van der Waals surface area (Å²) < 4.78 is 21.8. The lowest BCUT2D eigenvalue weighted by atomic mass is 9.87. The van der Waals surface area contributed by atoms with Gasteiger partial charge in [-0.25, -0.2) is 0 Å². The van der Waals surface area contributed by atoms with Crippen molar-refractivity contribution in [2.45, 2.75) is 71.1 Å². The zero-order chi connectivity index (χ0) is 33.4. The minimum Gasteiger partial charge on any atom is -0.379 e. The van der Waals surface area contributed by atoms with Crippen molar-refractivity contribution in [2.75, 3.05) is 64.3 Å². The highest BCUT2D eigenvalue weighted by Crippen LogP contribution is 2.48. The molecule has 0 aromatic heterocycles. The maximum atomic E-state index is 13.7. The Kier molecular flexibility index (Phi) is 14.8. The number of anilines is 1. The van der Waals surface area contributed by atoms with Gasteiger partial charge in [0, 0.05) is 49.5 Å². The number of rotatable bonds is 20. The second-order valence-corrected chi connectivity index (χ2v) is 11.7. The minimum absolute atomic E-state index is 0.0518. The Bertz CT molecular complexity index is 1340. The molecule has 2 unspecified atom stereocenters. The average molecular weight is 652 g/mol. The lowest BCUT2D eigenvalue weighted by molar-refractivity contribution is -0.125. The topological polar surface area (TPSA) is 131 Å². The Morgan fingerprint density at radius 1 is 0.809 bits per heavy atom. The first-order valence-corrected chi connectivity index (χ1v) is 16.7. The van der Waals surface area contributed by atoms with E-state index in [1.165, 1.54) is 0 Å². The molecule has 2 heterocycles. The summed E-state index contributed by atoms with van der Waals surface area (Å²) in [6.07, 6.45) is 1.15. The number of fused-ring (bicyclic) bond motifs is 5. The van der Waals surface area contributed by atoms with Gasteiger partial charge in [-0.15, -0.1) is 0 Å². The Balaban J connectivity index is 1.14. The molecule has 0 saturated heterocycles. The van der Waals surface area contributed by atoms with Crippen LogP contribution in [0.5, 0.6) is 0 Å². The summed E-state index contributed by atoms with van der Waals surface area (Å²) in [5.41, 5.74) is 3.91. The number of nitrogens with one attached hydrogen (secondary N) is 1. The maximum absolute atomic E-state index is 13.7. The molecule has 2 aliphatic rings. The first-order chi connectivity index (χ1) is 22.9. The van der Waals surface area contributed by atoms with Crippen molar-refractivity contribution in [2.24, 2.45) is 10.3 Å². The van der Waals surface area contributed by atoms with E-state index in [0.717, 1.165) is 22.4 Å². The standard InChI is InChI=1S/C35H49N5O7/c1-4-28(41)15-17-44-19-21-46-23-24-47-22-20-45-18-16-36-32(42)13-14-33(43)39-25-27-9-5-6-10-29(27)35-34(37-38-40(35)26(2)3)30-11-7-8-12-31(30)39/h5-12,26,34-35H,4,13-25H2,1-3H3,(H,36,42). The molecule has 0 saturated carbocycles. The van der Waals surface area contributed by atoms with Crippen molar-refractivity contribution in [3.63, 3.8) is 0 Å². The van der Waals surface area contributed by atoms with Crippen molar-refractivity contribution in [1.82, 2.24) is 10.3 Å². The summed E-state index contributed by atoms with van der Waals surface area (Å²) >= 11 is 0. The molecule has 4 rings (SSSR count). The van der Waals surface area contributed by atoms with Gasteiger partial charge in [0.2, 0.25) is 11.8 Å². The smallest absolute Gasteiger partial charge is 0.227 e. The summed E-state index contributed by atoms with van der Waals surface area (Å²) in [6, 6.07) is 15.9. The van der Waals surface area contributed by atoms with Gasteiger partial charge in [0.1, 0.15) is 17.9 Å². The molecule has 1 N–H and O–H groups in total. The molecule has 0 bridgehead atoms. The van der Waals surface area contributed by atoms with Crippen LogP contribution in [0.4, 0.5) is 5.69 Å². The number of amides is 2. The predicted molar refractivity (Wildman–Crippen MR) is 177 cm³/mol. The van der Waals surface area contributed by atoms with Gasteiger partial charge < -0.3 is 29.2 Å². The third kappa shape index (κ3) is 10.6. The number of Topliss-reactive ketones (excluding diaryl/α,β-unsaturated/α-hetero) is 1. The molecule has 2 aliphatic heterocycles. The molecule has 2 amide bonds. The van der Waals surface area contributed by atoms with E-state index in [1.54, 1.807) is 4.90 Å². The highest BCUT2D eigenvalue weighted by atomic mass is 16.6. The van der Waals surface area contributed by atoms with Crippen LogP contribution in [0, 0.1) is 0 Å². The SMILES string of the molecule is CCC(=O)CCOCCOCCOCCOCCNC(=O)CCC(=O)N1Cc2ccccc2C2C(N=NN2C(C)C)c2ccccc21. The molecule has 47 heavy (non-hydrogen) atoms. The van der Waals surface area contributed by atoms with Crippen molar-refractivity contribution >= 4 is 23.3 Å². The molecule has 2 atom stereocenters. The second kappa shape index (κ2) is 19.2. The number of nitrogens with zero attached hydrogens (tertiary/aromatic N) is 4. The lowest BCUT2D eigenvalue weighted by Gasteiger charge is -2.36. The lowest BCUT2D eigenvalue weighted by Crippen LogP contribution is -2.37. The Morgan fingerprint density at radius 2 is 1.43 bits per heavy atom. The van der Waals surface area contributed by atoms with Gasteiger partial charge in [0.15, 0.2) is 0 Å². The Labute approximate surface area is 277 Å². The monoisotopic (exact) mass is 651 g/mol.